The molecule has 0 spiro atoms. The zero-order valence-corrected chi connectivity index (χ0v) is 12.0. The van der Waals surface area contributed by atoms with E-state index in [4.69, 9.17) is 0 Å². The van der Waals surface area contributed by atoms with Gasteiger partial charge in [-0.15, -0.1) is 0 Å². The van der Waals surface area contributed by atoms with Gasteiger partial charge in [0.05, 0.1) is 6.20 Å². The van der Waals surface area contributed by atoms with Crippen molar-refractivity contribution in [1.29, 1.82) is 0 Å². The van der Waals surface area contributed by atoms with Crippen LogP contribution in [0.15, 0.2) is 29.6 Å². The van der Waals surface area contributed by atoms with Gasteiger partial charge in [0.1, 0.15) is 4.90 Å². The summed E-state index contributed by atoms with van der Waals surface area (Å²) >= 11 is 0. The fourth-order valence-corrected chi connectivity index (χ4v) is 3.96. The Kier molecular flexibility index (Phi) is 3.14. The van der Waals surface area contributed by atoms with Crippen LogP contribution in [-0.2, 0) is 15.4 Å². The second kappa shape index (κ2) is 4.71. The highest BCUT2D eigenvalue weighted by molar-refractivity contribution is 7.89. The molecule has 2 aromatic rings. The Bertz CT molecular complexity index is 655. The molecule has 0 atom stereocenters. The largest absolute Gasteiger partial charge is 0.284 e. The summed E-state index contributed by atoms with van der Waals surface area (Å²) in [7, 11) is -3.42. The molecule has 0 bridgehead atoms. The van der Waals surface area contributed by atoms with Crippen LogP contribution in [0.25, 0.3) is 0 Å². The van der Waals surface area contributed by atoms with Crippen molar-refractivity contribution in [2.24, 2.45) is 0 Å². The Labute approximate surface area is 117 Å². The van der Waals surface area contributed by atoms with E-state index in [0.29, 0.717) is 13.1 Å². The maximum Gasteiger partial charge on any atom is 0.246 e. The topological polar surface area (TPSA) is 94.7 Å². The molecular weight excluding hydrogens is 278 g/mol. The highest BCUT2D eigenvalue weighted by Crippen LogP contribution is 2.35. The van der Waals surface area contributed by atoms with Crippen LogP contribution >= 0.6 is 0 Å². The van der Waals surface area contributed by atoms with E-state index >= 15 is 0 Å². The van der Waals surface area contributed by atoms with E-state index in [-0.39, 0.29) is 10.3 Å². The summed E-state index contributed by atoms with van der Waals surface area (Å²) < 4.78 is 26.3. The molecule has 1 saturated heterocycles. The summed E-state index contributed by atoms with van der Waals surface area (Å²) in [6, 6.07) is 1.96. The lowest BCUT2D eigenvalue weighted by Gasteiger charge is -2.37. The van der Waals surface area contributed by atoms with Gasteiger partial charge in [0.25, 0.3) is 0 Å². The van der Waals surface area contributed by atoms with Crippen LogP contribution in [-0.4, -0.2) is 46.2 Å². The summed E-state index contributed by atoms with van der Waals surface area (Å²) in [4.78, 5) is 0.225. The Hall–Kier alpha value is -1.67. The molecular formula is C12H17N5O2S. The molecule has 20 heavy (non-hydrogen) atoms. The highest BCUT2D eigenvalue weighted by atomic mass is 32.2. The SMILES string of the molecule is CC1(c2ccn[nH]2)CCN(S(=O)(=O)c2cn[nH]c2)CC1. The van der Waals surface area contributed by atoms with Crippen molar-refractivity contribution in [2.45, 2.75) is 30.1 Å². The molecule has 1 fully saturated rings. The van der Waals surface area contributed by atoms with Gasteiger partial charge in [-0.2, -0.15) is 14.5 Å². The van der Waals surface area contributed by atoms with Crippen molar-refractivity contribution in [3.63, 3.8) is 0 Å². The van der Waals surface area contributed by atoms with Gasteiger partial charge in [-0.1, -0.05) is 6.92 Å². The molecule has 0 aliphatic carbocycles. The first-order valence-electron chi connectivity index (χ1n) is 6.51. The number of aromatic amines is 2. The summed E-state index contributed by atoms with van der Waals surface area (Å²) in [5.41, 5.74) is 1.02. The van der Waals surface area contributed by atoms with Crippen molar-refractivity contribution >= 4 is 10.0 Å². The predicted octanol–water partition coefficient (Wildman–Crippen LogP) is 0.875. The van der Waals surface area contributed by atoms with Crippen molar-refractivity contribution in [2.75, 3.05) is 13.1 Å². The van der Waals surface area contributed by atoms with E-state index in [1.807, 2.05) is 6.07 Å². The first-order valence-corrected chi connectivity index (χ1v) is 7.95. The summed E-state index contributed by atoms with van der Waals surface area (Å²) in [5.74, 6) is 0. The van der Waals surface area contributed by atoms with Gasteiger partial charge in [-0.05, 0) is 18.9 Å². The minimum Gasteiger partial charge on any atom is -0.284 e. The Morgan fingerprint density at radius 3 is 2.60 bits per heavy atom. The summed E-state index contributed by atoms with van der Waals surface area (Å²) in [6.45, 7) is 3.15. The number of sulfonamides is 1. The molecule has 8 heteroatoms. The zero-order chi connectivity index (χ0) is 14.2. The third kappa shape index (κ3) is 2.14. The van der Waals surface area contributed by atoms with Crippen molar-refractivity contribution in [3.05, 3.63) is 30.4 Å². The molecule has 0 radical (unpaired) electrons. The van der Waals surface area contributed by atoms with Gasteiger partial charge in [-0.3, -0.25) is 10.2 Å². The first-order chi connectivity index (χ1) is 9.52. The first kappa shape index (κ1) is 13.3. The third-order valence-corrected chi connectivity index (χ3v) is 5.95. The minimum absolute atomic E-state index is 0.0427. The number of H-pyrrole nitrogens is 2. The number of aromatic nitrogens is 4. The number of hydrogen-bond acceptors (Lipinski definition) is 4. The Morgan fingerprint density at radius 1 is 1.30 bits per heavy atom. The number of hydrogen-bond donors (Lipinski definition) is 2. The lowest BCUT2D eigenvalue weighted by Crippen LogP contribution is -2.43. The second-order valence-corrected chi connectivity index (χ2v) is 7.31. The minimum atomic E-state index is -3.42. The van der Waals surface area contributed by atoms with Gasteiger partial charge in [-0.25, -0.2) is 8.42 Å². The van der Waals surface area contributed by atoms with E-state index < -0.39 is 10.0 Å². The van der Waals surface area contributed by atoms with Gasteiger partial charge in [0, 0.05) is 36.6 Å². The van der Waals surface area contributed by atoms with Crippen molar-refractivity contribution in [3.8, 4) is 0 Å². The monoisotopic (exact) mass is 295 g/mol. The molecule has 0 aromatic carbocycles. The molecule has 2 aromatic heterocycles. The van der Waals surface area contributed by atoms with E-state index in [9.17, 15) is 8.42 Å². The summed E-state index contributed by atoms with van der Waals surface area (Å²) in [6.07, 6.45) is 6.03. The maximum atomic E-state index is 12.4. The normalized spacial score (nSPS) is 20.1. The van der Waals surface area contributed by atoms with Crippen LogP contribution in [0, 0.1) is 0 Å². The molecule has 0 amide bonds. The van der Waals surface area contributed by atoms with Crippen LogP contribution < -0.4 is 0 Å². The fraction of sp³-hybridized carbons (Fsp3) is 0.500. The highest BCUT2D eigenvalue weighted by Gasteiger charge is 2.37. The molecule has 1 aliphatic rings. The molecule has 2 N–H and O–H groups in total. The van der Waals surface area contributed by atoms with E-state index in [1.54, 1.807) is 6.20 Å². The number of rotatable bonds is 3. The van der Waals surface area contributed by atoms with Crippen LogP contribution in [0.3, 0.4) is 0 Å². The molecule has 7 nitrogen and oxygen atoms in total. The molecule has 0 unspecified atom stereocenters. The van der Waals surface area contributed by atoms with Crippen LogP contribution in [0.2, 0.25) is 0 Å². The van der Waals surface area contributed by atoms with Crippen LogP contribution in [0.4, 0.5) is 0 Å². The van der Waals surface area contributed by atoms with Gasteiger partial charge in [0.2, 0.25) is 10.0 Å². The van der Waals surface area contributed by atoms with Crippen LogP contribution in [0.1, 0.15) is 25.5 Å². The van der Waals surface area contributed by atoms with E-state index in [2.05, 4.69) is 27.3 Å². The van der Waals surface area contributed by atoms with Gasteiger partial charge in [0.15, 0.2) is 0 Å². The average Bonchev–Trinajstić information content (AvgIpc) is 3.13. The fourth-order valence-electron chi connectivity index (χ4n) is 2.61. The quantitative estimate of drug-likeness (QED) is 0.878. The molecule has 1 aliphatic heterocycles. The molecule has 0 saturated carbocycles. The Morgan fingerprint density at radius 2 is 2.05 bits per heavy atom. The zero-order valence-electron chi connectivity index (χ0n) is 11.2. The molecule has 108 valence electrons. The summed E-state index contributed by atoms with van der Waals surface area (Å²) in [5, 5.41) is 13.2. The van der Waals surface area contributed by atoms with Crippen molar-refractivity contribution < 1.29 is 8.42 Å². The van der Waals surface area contributed by atoms with Crippen LogP contribution in [0.5, 0.6) is 0 Å². The second-order valence-electron chi connectivity index (χ2n) is 5.37. The molecule has 3 heterocycles. The smallest absolute Gasteiger partial charge is 0.246 e. The number of piperidine rings is 1. The number of nitrogens with one attached hydrogen (secondary N) is 2. The lowest BCUT2D eigenvalue weighted by molar-refractivity contribution is 0.244. The predicted molar refractivity (Wildman–Crippen MR) is 72.5 cm³/mol. The van der Waals surface area contributed by atoms with Crippen molar-refractivity contribution in [1.82, 2.24) is 24.7 Å². The van der Waals surface area contributed by atoms with Gasteiger partial charge < -0.3 is 0 Å². The third-order valence-electron chi connectivity index (χ3n) is 4.09. The molecule has 3 rings (SSSR count). The average molecular weight is 295 g/mol. The lowest BCUT2D eigenvalue weighted by atomic mass is 9.78. The Balaban J connectivity index is 1.76. The maximum absolute atomic E-state index is 12.4. The van der Waals surface area contributed by atoms with E-state index in [0.717, 1.165) is 18.5 Å². The van der Waals surface area contributed by atoms with Gasteiger partial charge >= 0.3 is 0 Å². The number of nitrogens with zero attached hydrogens (tertiary/aromatic N) is 3. The van der Waals surface area contributed by atoms with E-state index in [1.165, 1.54) is 16.7 Å². The standard InChI is InChI=1S/C12H17N5O2S/c1-12(11-2-5-13-16-11)3-6-17(7-4-12)20(18,19)10-8-14-15-9-10/h2,5,8-9H,3-4,6-7H2,1H3,(H,13,16)(H,14,15).